The summed E-state index contributed by atoms with van der Waals surface area (Å²) in [6, 6.07) is 0. The van der Waals surface area contributed by atoms with Crippen LogP contribution in [-0.4, -0.2) is 70.0 Å². The van der Waals surface area contributed by atoms with E-state index in [-0.39, 0.29) is 32.0 Å². The molecule has 0 aromatic rings. The molecule has 82 heavy (non-hydrogen) atoms. The van der Waals surface area contributed by atoms with Gasteiger partial charge in [-0.3, -0.25) is 14.2 Å². The molecule has 0 aliphatic heterocycles. The summed E-state index contributed by atoms with van der Waals surface area (Å²) < 4.78 is 34.3. The van der Waals surface area contributed by atoms with Crippen LogP contribution in [0.15, 0.2) is 109 Å². The van der Waals surface area contributed by atoms with E-state index in [0.717, 1.165) is 109 Å². The quantitative estimate of drug-likeness (QED) is 0.0195. The van der Waals surface area contributed by atoms with Gasteiger partial charge in [0.25, 0.3) is 7.82 Å². The molecule has 0 aromatic carbocycles. The van der Waals surface area contributed by atoms with Crippen molar-refractivity contribution in [1.82, 2.24) is 0 Å². The fourth-order valence-electron chi connectivity index (χ4n) is 9.21. The Bertz CT molecular complexity index is 1750. The monoisotopic (exact) mass is 1160 g/mol. The lowest BCUT2D eigenvalue weighted by atomic mass is 10.0. The fraction of sp³-hybridized carbons (Fsp3) is 0.722. The number of phosphoric ester groups is 1. The molecule has 0 N–H and O–H groups in total. The molecule has 0 heterocycles. The van der Waals surface area contributed by atoms with E-state index in [0.29, 0.717) is 17.4 Å². The highest BCUT2D eigenvalue weighted by Crippen LogP contribution is 2.38. The fourth-order valence-corrected chi connectivity index (χ4v) is 9.93. The van der Waals surface area contributed by atoms with Gasteiger partial charge in [-0.1, -0.05) is 284 Å². The lowest BCUT2D eigenvalue weighted by Gasteiger charge is -2.28. The Kier molecular flexibility index (Phi) is 59.7. The number of phosphoric acid groups is 1. The Hall–Kier alpha value is -3.33. The number of carbonyl (C=O) groups is 2. The van der Waals surface area contributed by atoms with Crippen molar-refractivity contribution < 1.29 is 42.1 Å². The minimum absolute atomic E-state index is 0.0351. The van der Waals surface area contributed by atoms with Gasteiger partial charge >= 0.3 is 11.9 Å². The van der Waals surface area contributed by atoms with Gasteiger partial charge < -0.3 is 27.9 Å². The highest BCUT2D eigenvalue weighted by molar-refractivity contribution is 7.45. The average molecular weight is 1160 g/mol. The maximum Gasteiger partial charge on any atom is 0.306 e. The lowest BCUT2D eigenvalue weighted by molar-refractivity contribution is -0.870. The summed E-state index contributed by atoms with van der Waals surface area (Å²) in [5.74, 6) is -0.837. The number of unbranched alkanes of at least 4 members (excludes halogenated alkanes) is 29. The summed E-state index contributed by atoms with van der Waals surface area (Å²) in [7, 11) is 1.16. The molecule has 0 amide bonds. The van der Waals surface area contributed by atoms with Crippen molar-refractivity contribution in [3.05, 3.63) is 109 Å². The number of rotatable bonds is 61. The van der Waals surface area contributed by atoms with E-state index in [2.05, 4.69) is 123 Å². The molecule has 10 heteroatoms. The van der Waals surface area contributed by atoms with E-state index in [4.69, 9.17) is 18.5 Å². The van der Waals surface area contributed by atoms with Gasteiger partial charge in [0, 0.05) is 12.8 Å². The maximum absolute atomic E-state index is 12.9. The van der Waals surface area contributed by atoms with Crippen LogP contribution in [0.25, 0.3) is 0 Å². The standard InChI is InChI=1S/C72H126NO8P/c1-6-8-10-12-14-16-18-20-22-24-26-28-29-30-31-32-33-34-35-36-37-38-39-40-41-42-43-45-47-49-51-53-55-57-59-61-63-65-72(75)81-70(69-80-82(76,77)79-67-66-73(3,4)5)68-78-71(74)64-62-60-58-56-54-52-50-48-46-44-27-25-23-21-19-17-15-13-11-9-7-2/h8-11,14-17,20-23,26-28,30-31,44,70H,6-7,12-13,18-19,24-25,29,32-43,45-69H2,1-5H3/b10-8-,11-9-,16-14-,17-15-,22-20-,23-21-,28-26-,31-30-,44-27-. The van der Waals surface area contributed by atoms with Crippen LogP contribution in [0.2, 0.25) is 0 Å². The minimum Gasteiger partial charge on any atom is -0.756 e. The number of ether oxygens (including phenoxy) is 2. The Balaban J connectivity index is 4.01. The average Bonchev–Trinajstić information content (AvgIpc) is 3.46. The van der Waals surface area contributed by atoms with Crippen LogP contribution >= 0.6 is 7.82 Å². The number of quaternary nitrogens is 1. The number of allylic oxidation sites excluding steroid dienone is 18. The van der Waals surface area contributed by atoms with E-state index in [9.17, 15) is 19.0 Å². The van der Waals surface area contributed by atoms with Gasteiger partial charge in [-0.05, 0) is 96.3 Å². The predicted octanol–water partition coefficient (Wildman–Crippen LogP) is 21.1. The summed E-state index contributed by atoms with van der Waals surface area (Å²) in [5.41, 5.74) is 0. The van der Waals surface area contributed by atoms with Gasteiger partial charge in [0.2, 0.25) is 0 Å². The molecule has 0 radical (unpaired) electrons. The third-order valence-corrected chi connectivity index (χ3v) is 15.3. The first-order valence-electron chi connectivity index (χ1n) is 33.6. The van der Waals surface area contributed by atoms with E-state index in [1.54, 1.807) is 0 Å². The van der Waals surface area contributed by atoms with Gasteiger partial charge in [0.1, 0.15) is 19.8 Å². The number of nitrogens with zero attached hydrogens (tertiary/aromatic N) is 1. The van der Waals surface area contributed by atoms with Crippen molar-refractivity contribution in [2.75, 3.05) is 47.5 Å². The predicted molar refractivity (Wildman–Crippen MR) is 351 cm³/mol. The second kappa shape index (κ2) is 62.2. The molecule has 0 saturated heterocycles. The normalized spacial score (nSPS) is 13.9. The summed E-state index contributed by atoms with van der Waals surface area (Å²) in [5, 5.41) is 0. The zero-order chi connectivity index (χ0) is 59.8. The van der Waals surface area contributed by atoms with E-state index < -0.39 is 26.5 Å². The van der Waals surface area contributed by atoms with Crippen molar-refractivity contribution in [2.24, 2.45) is 0 Å². The largest absolute Gasteiger partial charge is 0.756 e. The number of hydrogen-bond donors (Lipinski definition) is 0. The topological polar surface area (TPSA) is 111 Å². The van der Waals surface area contributed by atoms with Crippen LogP contribution in [0.5, 0.6) is 0 Å². The van der Waals surface area contributed by atoms with E-state index >= 15 is 0 Å². The van der Waals surface area contributed by atoms with Gasteiger partial charge in [-0.2, -0.15) is 0 Å². The zero-order valence-electron chi connectivity index (χ0n) is 53.7. The summed E-state index contributed by atoms with van der Waals surface area (Å²) in [4.78, 5) is 38.0. The van der Waals surface area contributed by atoms with Crippen molar-refractivity contribution >= 4 is 19.8 Å². The molecule has 2 unspecified atom stereocenters. The molecule has 0 fully saturated rings. The molecule has 0 rings (SSSR count). The molecule has 0 bridgehead atoms. The van der Waals surface area contributed by atoms with Crippen LogP contribution in [0.4, 0.5) is 0 Å². The van der Waals surface area contributed by atoms with Crippen LogP contribution < -0.4 is 4.89 Å². The van der Waals surface area contributed by atoms with Gasteiger partial charge in [-0.15, -0.1) is 0 Å². The molecule has 0 aromatic heterocycles. The second-order valence-electron chi connectivity index (χ2n) is 23.4. The summed E-state index contributed by atoms with van der Waals surface area (Å²) in [6.07, 6.45) is 87.4. The number of hydrogen-bond acceptors (Lipinski definition) is 8. The molecule has 9 nitrogen and oxygen atoms in total. The summed E-state index contributed by atoms with van der Waals surface area (Å²) in [6.45, 7) is 4.02. The first kappa shape index (κ1) is 78.7. The molecule has 472 valence electrons. The minimum atomic E-state index is -4.65. The molecule has 2 atom stereocenters. The number of likely N-dealkylation sites (N-methyl/N-ethyl adjacent to an activating group) is 1. The van der Waals surface area contributed by atoms with E-state index in [1.807, 2.05) is 21.1 Å². The highest BCUT2D eigenvalue weighted by Gasteiger charge is 2.22. The van der Waals surface area contributed by atoms with E-state index in [1.165, 1.54) is 141 Å². The zero-order valence-corrected chi connectivity index (χ0v) is 54.6. The van der Waals surface area contributed by atoms with Gasteiger partial charge in [0.05, 0.1) is 27.7 Å². The molecular weight excluding hydrogens is 1040 g/mol. The first-order valence-corrected chi connectivity index (χ1v) is 35.1. The third kappa shape index (κ3) is 65.8. The Morgan fingerprint density at radius 2 is 0.659 bits per heavy atom. The highest BCUT2D eigenvalue weighted by atomic mass is 31.2. The van der Waals surface area contributed by atoms with Crippen molar-refractivity contribution in [3.8, 4) is 0 Å². The van der Waals surface area contributed by atoms with Crippen LogP contribution in [0.1, 0.15) is 284 Å². The van der Waals surface area contributed by atoms with Gasteiger partial charge in [0.15, 0.2) is 6.10 Å². The van der Waals surface area contributed by atoms with Crippen molar-refractivity contribution in [2.45, 2.75) is 290 Å². The summed E-state index contributed by atoms with van der Waals surface area (Å²) >= 11 is 0. The third-order valence-electron chi connectivity index (χ3n) is 14.3. The SMILES string of the molecule is CC/C=C\C/C=C\C/C=C\C/C=C\C/C=C\CCCCCCCCCCCCCCCCCCCCCCCC(=O)OC(COC(=O)CCCCCCCCCC/C=C\C/C=C\C/C=C\C/C=C\CC)COP(=O)([O-])OCC[N+](C)(C)C. The molecule has 0 aliphatic rings. The van der Waals surface area contributed by atoms with Crippen LogP contribution in [-0.2, 0) is 32.7 Å². The van der Waals surface area contributed by atoms with Gasteiger partial charge in [-0.25, -0.2) is 0 Å². The maximum atomic E-state index is 12.9. The smallest absolute Gasteiger partial charge is 0.306 e. The molecule has 0 saturated carbocycles. The first-order chi connectivity index (χ1) is 40.0. The molecule has 0 spiro atoms. The van der Waals surface area contributed by atoms with Crippen molar-refractivity contribution in [1.29, 1.82) is 0 Å². The lowest BCUT2D eigenvalue weighted by Crippen LogP contribution is -2.37. The molecule has 0 aliphatic carbocycles. The Labute approximate surface area is 506 Å². The second-order valence-corrected chi connectivity index (χ2v) is 24.8. The Morgan fingerprint density at radius 3 is 0.976 bits per heavy atom. The van der Waals surface area contributed by atoms with Crippen molar-refractivity contribution in [3.63, 3.8) is 0 Å². The van der Waals surface area contributed by atoms with Crippen LogP contribution in [0.3, 0.4) is 0 Å². The number of carbonyl (C=O) groups excluding carboxylic acids is 2. The number of esters is 2. The molecular formula is C72H126NO8P. The van der Waals surface area contributed by atoms with Crippen LogP contribution in [0, 0.1) is 0 Å². The Morgan fingerprint density at radius 1 is 0.378 bits per heavy atom.